The van der Waals surface area contributed by atoms with Crippen LogP contribution in [0.2, 0.25) is 5.02 Å². The van der Waals surface area contributed by atoms with E-state index in [0.29, 0.717) is 6.04 Å². The van der Waals surface area contributed by atoms with E-state index in [2.05, 4.69) is 43.2 Å². The number of nitrogens with zero attached hydrogens (tertiary/aromatic N) is 1. The molecule has 2 nitrogen and oxygen atoms in total. The van der Waals surface area contributed by atoms with Crippen molar-refractivity contribution in [2.24, 2.45) is 0 Å². The zero-order chi connectivity index (χ0) is 11.4. The van der Waals surface area contributed by atoms with Crippen molar-refractivity contribution < 1.29 is 0 Å². The molecule has 1 N–H and O–H groups in total. The number of benzene rings is 1. The number of rotatable bonds is 4. The summed E-state index contributed by atoms with van der Waals surface area (Å²) in [5.74, 6) is 0. The molecule has 84 valence electrons. The Morgan fingerprint density at radius 3 is 2.60 bits per heavy atom. The molecule has 0 aliphatic rings. The molecule has 0 saturated heterocycles. The molecular weight excluding hydrogens is 208 g/mol. The summed E-state index contributed by atoms with van der Waals surface area (Å²) >= 11 is 6.24. The van der Waals surface area contributed by atoms with Gasteiger partial charge in [-0.25, -0.2) is 0 Å². The lowest BCUT2D eigenvalue weighted by Gasteiger charge is -2.19. The number of hydrogen-bond donors (Lipinski definition) is 1. The molecule has 0 aliphatic carbocycles. The average Bonchev–Trinajstić information content (AvgIpc) is 2.26. The number of nitrogens with one attached hydrogen (secondary N) is 1. The molecule has 0 spiro atoms. The van der Waals surface area contributed by atoms with E-state index in [-0.39, 0.29) is 0 Å². The highest BCUT2D eigenvalue weighted by Gasteiger charge is 2.08. The van der Waals surface area contributed by atoms with Crippen LogP contribution in [0, 0.1) is 0 Å². The van der Waals surface area contributed by atoms with Crippen molar-refractivity contribution in [3.05, 3.63) is 28.8 Å². The Bertz CT molecular complexity index is 325. The lowest BCUT2D eigenvalue weighted by Crippen LogP contribution is -2.17. The van der Waals surface area contributed by atoms with Crippen molar-refractivity contribution in [2.75, 3.05) is 25.5 Å². The fourth-order valence-corrected chi connectivity index (χ4v) is 1.78. The molecule has 1 aromatic rings. The SMILES string of the molecule is CCN(C)c1ccc(C(C)NC)c(Cl)c1. The molecule has 0 aliphatic heterocycles. The van der Waals surface area contributed by atoms with E-state index < -0.39 is 0 Å². The highest BCUT2D eigenvalue weighted by Crippen LogP contribution is 2.27. The van der Waals surface area contributed by atoms with Crippen LogP contribution in [0.1, 0.15) is 25.5 Å². The van der Waals surface area contributed by atoms with Crippen LogP contribution < -0.4 is 10.2 Å². The molecule has 0 radical (unpaired) electrons. The largest absolute Gasteiger partial charge is 0.375 e. The lowest BCUT2D eigenvalue weighted by atomic mass is 10.1. The maximum absolute atomic E-state index is 6.24. The summed E-state index contributed by atoms with van der Waals surface area (Å²) in [6.07, 6.45) is 0. The summed E-state index contributed by atoms with van der Waals surface area (Å²) in [5.41, 5.74) is 2.31. The summed E-state index contributed by atoms with van der Waals surface area (Å²) in [4.78, 5) is 2.17. The Hall–Kier alpha value is -0.730. The smallest absolute Gasteiger partial charge is 0.0474 e. The minimum absolute atomic E-state index is 0.290. The van der Waals surface area contributed by atoms with Crippen molar-refractivity contribution in [1.29, 1.82) is 0 Å². The zero-order valence-corrected chi connectivity index (χ0v) is 10.6. The van der Waals surface area contributed by atoms with Gasteiger partial charge in [-0.05, 0) is 38.6 Å². The van der Waals surface area contributed by atoms with Crippen LogP contribution in [0.5, 0.6) is 0 Å². The summed E-state index contributed by atoms with van der Waals surface area (Å²) in [5, 5.41) is 4.02. The minimum atomic E-state index is 0.290. The summed E-state index contributed by atoms with van der Waals surface area (Å²) in [6, 6.07) is 6.51. The van der Waals surface area contributed by atoms with Crippen LogP contribution in [0.25, 0.3) is 0 Å². The van der Waals surface area contributed by atoms with Crippen LogP contribution in [0.3, 0.4) is 0 Å². The van der Waals surface area contributed by atoms with Gasteiger partial charge >= 0.3 is 0 Å². The molecular formula is C12H19ClN2. The van der Waals surface area contributed by atoms with E-state index in [9.17, 15) is 0 Å². The van der Waals surface area contributed by atoms with Crippen molar-refractivity contribution in [3.8, 4) is 0 Å². The van der Waals surface area contributed by atoms with Crippen molar-refractivity contribution >= 4 is 17.3 Å². The van der Waals surface area contributed by atoms with Crippen LogP contribution in [-0.2, 0) is 0 Å². The van der Waals surface area contributed by atoms with E-state index in [1.165, 1.54) is 0 Å². The molecule has 0 bridgehead atoms. The number of halogens is 1. The maximum Gasteiger partial charge on any atom is 0.0474 e. The molecule has 3 heteroatoms. The molecule has 0 saturated carbocycles. The molecule has 0 fully saturated rings. The Morgan fingerprint density at radius 2 is 2.13 bits per heavy atom. The molecule has 1 unspecified atom stereocenters. The zero-order valence-electron chi connectivity index (χ0n) is 9.84. The van der Waals surface area contributed by atoms with Gasteiger partial charge in [0.05, 0.1) is 0 Å². The minimum Gasteiger partial charge on any atom is -0.375 e. The van der Waals surface area contributed by atoms with Crippen molar-refractivity contribution in [2.45, 2.75) is 19.9 Å². The van der Waals surface area contributed by atoms with Gasteiger partial charge in [0.1, 0.15) is 0 Å². The Kier molecular flexibility index (Phi) is 4.43. The normalized spacial score (nSPS) is 12.6. The second-order valence-corrected chi connectivity index (χ2v) is 4.14. The van der Waals surface area contributed by atoms with Gasteiger partial charge in [0.2, 0.25) is 0 Å². The molecule has 0 aromatic heterocycles. The van der Waals surface area contributed by atoms with Gasteiger partial charge in [-0.1, -0.05) is 17.7 Å². The third kappa shape index (κ3) is 2.86. The highest BCUT2D eigenvalue weighted by atomic mass is 35.5. The van der Waals surface area contributed by atoms with E-state index >= 15 is 0 Å². The van der Waals surface area contributed by atoms with Crippen LogP contribution in [-0.4, -0.2) is 20.6 Å². The molecule has 1 atom stereocenters. The first-order chi connectivity index (χ1) is 7.10. The predicted octanol–water partition coefficient (Wildman–Crippen LogP) is 3.08. The molecule has 0 heterocycles. The van der Waals surface area contributed by atoms with Crippen LogP contribution in [0.4, 0.5) is 5.69 Å². The first-order valence-corrected chi connectivity index (χ1v) is 5.65. The van der Waals surface area contributed by atoms with Gasteiger partial charge in [-0.15, -0.1) is 0 Å². The molecule has 1 aromatic carbocycles. The third-order valence-corrected chi connectivity index (χ3v) is 3.13. The van der Waals surface area contributed by atoms with Gasteiger partial charge in [0.25, 0.3) is 0 Å². The Morgan fingerprint density at radius 1 is 1.47 bits per heavy atom. The third-order valence-electron chi connectivity index (χ3n) is 2.80. The Balaban J connectivity index is 2.97. The molecule has 15 heavy (non-hydrogen) atoms. The molecule has 1 rings (SSSR count). The van der Waals surface area contributed by atoms with Crippen molar-refractivity contribution in [1.82, 2.24) is 5.32 Å². The van der Waals surface area contributed by atoms with Gasteiger partial charge < -0.3 is 10.2 Å². The topological polar surface area (TPSA) is 15.3 Å². The maximum atomic E-state index is 6.24. The first-order valence-electron chi connectivity index (χ1n) is 5.28. The monoisotopic (exact) mass is 226 g/mol. The quantitative estimate of drug-likeness (QED) is 0.849. The van der Waals surface area contributed by atoms with Gasteiger partial charge in [-0.2, -0.15) is 0 Å². The van der Waals surface area contributed by atoms with Crippen LogP contribution in [0.15, 0.2) is 18.2 Å². The average molecular weight is 227 g/mol. The first kappa shape index (κ1) is 12.3. The molecule has 0 amide bonds. The second kappa shape index (κ2) is 5.38. The fraction of sp³-hybridized carbons (Fsp3) is 0.500. The highest BCUT2D eigenvalue weighted by molar-refractivity contribution is 6.31. The second-order valence-electron chi connectivity index (χ2n) is 3.73. The van der Waals surface area contributed by atoms with E-state index in [1.807, 2.05) is 13.1 Å². The summed E-state index contributed by atoms with van der Waals surface area (Å²) in [7, 11) is 4.00. The van der Waals surface area contributed by atoms with Gasteiger partial charge in [0.15, 0.2) is 0 Å². The summed E-state index contributed by atoms with van der Waals surface area (Å²) < 4.78 is 0. The fourth-order valence-electron chi connectivity index (χ4n) is 1.44. The van der Waals surface area contributed by atoms with Crippen LogP contribution >= 0.6 is 11.6 Å². The standard InChI is InChI=1S/C12H19ClN2/c1-5-15(4)10-6-7-11(9(2)14-3)12(13)8-10/h6-9,14H,5H2,1-4H3. The van der Waals surface area contributed by atoms with Gasteiger partial charge in [0, 0.05) is 30.3 Å². The van der Waals surface area contributed by atoms with Gasteiger partial charge in [-0.3, -0.25) is 0 Å². The summed E-state index contributed by atoms with van der Waals surface area (Å²) in [6.45, 7) is 5.21. The van der Waals surface area contributed by atoms with Crippen molar-refractivity contribution in [3.63, 3.8) is 0 Å². The number of hydrogen-bond acceptors (Lipinski definition) is 2. The van der Waals surface area contributed by atoms with E-state index in [4.69, 9.17) is 11.6 Å². The lowest BCUT2D eigenvalue weighted by molar-refractivity contribution is 0.652. The Labute approximate surface area is 97.2 Å². The predicted molar refractivity (Wildman–Crippen MR) is 67.9 cm³/mol. The van der Waals surface area contributed by atoms with E-state index in [1.54, 1.807) is 0 Å². The van der Waals surface area contributed by atoms with E-state index in [0.717, 1.165) is 22.8 Å². The number of anilines is 1.